The van der Waals surface area contributed by atoms with Gasteiger partial charge in [0.2, 0.25) is 0 Å². The smallest absolute Gasteiger partial charge is 0.358 e. The van der Waals surface area contributed by atoms with Gasteiger partial charge in [0.15, 0.2) is 5.69 Å². The van der Waals surface area contributed by atoms with Crippen molar-refractivity contribution >= 4 is 5.97 Å². The van der Waals surface area contributed by atoms with Gasteiger partial charge in [-0.1, -0.05) is 25.0 Å². The van der Waals surface area contributed by atoms with E-state index in [9.17, 15) is 9.90 Å². The molecule has 1 aliphatic heterocycles. The number of hydrogen-bond acceptors (Lipinski definition) is 4. The van der Waals surface area contributed by atoms with Gasteiger partial charge in [-0.25, -0.2) is 9.48 Å². The van der Waals surface area contributed by atoms with Crippen molar-refractivity contribution in [2.45, 2.75) is 57.4 Å². The highest BCUT2D eigenvalue weighted by atomic mass is 16.4. The SMILES string of the molecule is CC1CCCC(n2nnc(C(=O)O)c2C2CCNCC2)C1. The normalized spacial score (nSPS) is 27.7. The second kappa shape index (κ2) is 6.13. The van der Waals surface area contributed by atoms with Crippen LogP contribution in [-0.2, 0) is 0 Å². The fraction of sp³-hybridized carbons (Fsp3) is 0.800. The first-order valence-electron chi connectivity index (χ1n) is 8.06. The van der Waals surface area contributed by atoms with Crippen molar-refractivity contribution in [3.05, 3.63) is 11.4 Å². The molecule has 0 bridgehead atoms. The Kier molecular flexibility index (Phi) is 4.24. The highest BCUT2D eigenvalue weighted by Gasteiger charge is 2.31. The van der Waals surface area contributed by atoms with E-state index in [0.29, 0.717) is 12.0 Å². The van der Waals surface area contributed by atoms with Gasteiger partial charge in [0.1, 0.15) is 0 Å². The van der Waals surface area contributed by atoms with Crippen LogP contribution in [0, 0.1) is 5.92 Å². The molecule has 0 spiro atoms. The predicted molar refractivity (Wildman–Crippen MR) is 78.5 cm³/mol. The first kappa shape index (κ1) is 14.5. The molecular weight excluding hydrogens is 268 g/mol. The second-order valence-electron chi connectivity index (χ2n) is 6.52. The highest BCUT2D eigenvalue weighted by molar-refractivity contribution is 5.86. The predicted octanol–water partition coefficient (Wildman–Crippen LogP) is 2.19. The summed E-state index contributed by atoms with van der Waals surface area (Å²) in [6, 6.07) is 0.319. The molecule has 1 saturated heterocycles. The van der Waals surface area contributed by atoms with E-state index in [4.69, 9.17) is 0 Å². The number of piperidine rings is 1. The molecule has 6 heteroatoms. The van der Waals surface area contributed by atoms with Gasteiger partial charge in [-0.2, -0.15) is 0 Å². The standard InChI is InChI=1S/C15H24N4O2/c1-10-3-2-4-12(9-10)19-14(11-5-7-16-8-6-11)13(15(20)21)17-18-19/h10-12,16H,2-9H2,1H3,(H,20,21). The van der Waals surface area contributed by atoms with Crippen molar-refractivity contribution in [1.29, 1.82) is 0 Å². The molecule has 1 aromatic rings. The Hall–Kier alpha value is -1.43. The van der Waals surface area contributed by atoms with Gasteiger partial charge in [-0.3, -0.25) is 0 Å². The molecule has 0 amide bonds. The lowest BCUT2D eigenvalue weighted by molar-refractivity contribution is 0.0688. The maximum Gasteiger partial charge on any atom is 0.358 e. The van der Waals surface area contributed by atoms with Crippen LogP contribution in [0.3, 0.4) is 0 Å². The molecule has 2 atom stereocenters. The lowest BCUT2D eigenvalue weighted by atomic mass is 9.86. The van der Waals surface area contributed by atoms with Gasteiger partial charge < -0.3 is 10.4 Å². The van der Waals surface area contributed by atoms with Crippen LogP contribution in [0.15, 0.2) is 0 Å². The third-order valence-corrected chi connectivity index (χ3v) is 4.91. The van der Waals surface area contributed by atoms with Crippen LogP contribution in [0.2, 0.25) is 0 Å². The van der Waals surface area contributed by atoms with Crippen molar-refractivity contribution in [2.24, 2.45) is 5.92 Å². The highest BCUT2D eigenvalue weighted by Crippen LogP contribution is 2.36. The van der Waals surface area contributed by atoms with Gasteiger partial charge in [0.25, 0.3) is 0 Å². The number of carboxylic acids is 1. The maximum absolute atomic E-state index is 11.5. The van der Waals surface area contributed by atoms with Crippen molar-refractivity contribution < 1.29 is 9.90 Å². The Morgan fingerprint density at radius 2 is 2.05 bits per heavy atom. The Labute approximate surface area is 124 Å². The van der Waals surface area contributed by atoms with Gasteiger partial charge in [-0.05, 0) is 44.7 Å². The van der Waals surface area contributed by atoms with Gasteiger partial charge in [-0.15, -0.1) is 5.10 Å². The minimum absolute atomic E-state index is 0.167. The van der Waals surface area contributed by atoms with Gasteiger partial charge in [0.05, 0.1) is 11.7 Å². The van der Waals surface area contributed by atoms with Crippen LogP contribution in [0.25, 0.3) is 0 Å². The molecule has 2 heterocycles. The second-order valence-corrected chi connectivity index (χ2v) is 6.52. The molecule has 1 aromatic heterocycles. The van der Waals surface area contributed by atoms with Crippen molar-refractivity contribution in [1.82, 2.24) is 20.3 Å². The number of rotatable bonds is 3. The summed E-state index contributed by atoms with van der Waals surface area (Å²) >= 11 is 0. The van der Waals surface area contributed by atoms with E-state index < -0.39 is 5.97 Å². The number of carboxylic acid groups (broad SMARTS) is 1. The Morgan fingerprint density at radius 1 is 1.29 bits per heavy atom. The third-order valence-electron chi connectivity index (χ3n) is 4.91. The molecule has 0 radical (unpaired) electrons. The first-order valence-corrected chi connectivity index (χ1v) is 8.06. The van der Waals surface area contributed by atoms with Gasteiger partial charge >= 0.3 is 5.97 Å². The average molecular weight is 292 g/mol. The molecule has 2 aliphatic rings. The van der Waals surface area contributed by atoms with E-state index >= 15 is 0 Å². The van der Waals surface area contributed by atoms with Crippen LogP contribution >= 0.6 is 0 Å². The molecule has 21 heavy (non-hydrogen) atoms. The summed E-state index contributed by atoms with van der Waals surface area (Å²) in [6.45, 7) is 4.15. The van der Waals surface area contributed by atoms with Crippen molar-refractivity contribution in [3.63, 3.8) is 0 Å². The zero-order valence-electron chi connectivity index (χ0n) is 12.6. The summed E-state index contributed by atoms with van der Waals surface area (Å²) < 4.78 is 1.95. The molecule has 3 rings (SSSR count). The molecule has 2 unspecified atom stereocenters. The molecule has 2 fully saturated rings. The lowest BCUT2D eigenvalue weighted by Crippen LogP contribution is -2.30. The first-order chi connectivity index (χ1) is 10.2. The van der Waals surface area contributed by atoms with Crippen LogP contribution in [-0.4, -0.2) is 39.2 Å². The van der Waals surface area contributed by atoms with Crippen LogP contribution in [0.5, 0.6) is 0 Å². The summed E-state index contributed by atoms with van der Waals surface area (Å²) in [7, 11) is 0. The Bertz CT molecular complexity index is 508. The number of nitrogens with one attached hydrogen (secondary N) is 1. The minimum atomic E-state index is -0.946. The maximum atomic E-state index is 11.5. The summed E-state index contributed by atoms with van der Waals surface area (Å²) in [6.07, 6.45) is 6.57. The molecule has 1 saturated carbocycles. The number of aromatic carboxylic acids is 1. The number of aromatic nitrogens is 3. The van der Waals surface area contributed by atoms with E-state index in [2.05, 4.69) is 22.6 Å². The fourth-order valence-corrected chi connectivity index (χ4v) is 3.82. The quantitative estimate of drug-likeness (QED) is 0.892. The number of nitrogens with zero attached hydrogens (tertiary/aromatic N) is 3. The monoisotopic (exact) mass is 292 g/mol. The summed E-state index contributed by atoms with van der Waals surface area (Å²) in [5, 5.41) is 21.0. The van der Waals surface area contributed by atoms with Crippen LogP contribution in [0.1, 0.15) is 73.6 Å². The fourth-order valence-electron chi connectivity index (χ4n) is 3.82. The van der Waals surface area contributed by atoms with E-state index in [1.54, 1.807) is 0 Å². The molecule has 6 nitrogen and oxygen atoms in total. The van der Waals surface area contributed by atoms with E-state index in [0.717, 1.165) is 44.5 Å². The topological polar surface area (TPSA) is 80.0 Å². The molecule has 1 aliphatic carbocycles. The average Bonchev–Trinajstić information content (AvgIpc) is 2.93. The van der Waals surface area contributed by atoms with Crippen molar-refractivity contribution in [3.8, 4) is 0 Å². The zero-order chi connectivity index (χ0) is 14.8. The third kappa shape index (κ3) is 2.95. The molecular formula is C15H24N4O2. The number of hydrogen-bond donors (Lipinski definition) is 2. The number of carbonyl (C=O) groups is 1. The molecule has 0 aromatic carbocycles. The largest absolute Gasteiger partial charge is 0.476 e. The van der Waals surface area contributed by atoms with Crippen LogP contribution < -0.4 is 5.32 Å². The molecule has 116 valence electrons. The molecule has 2 N–H and O–H groups in total. The summed E-state index contributed by atoms with van der Waals surface area (Å²) in [5.41, 5.74) is 1.03. The minimum Gasteiger partial charge on any atom is -0.476 e. The lowest BCUT2D eigenvalue weighted by Gasteiger charge is -2.30. The Balaban J connectivity index is 1.93. The zero-order valence-corrected chi connectivity index (χ0v) is 12.6. The Morgan fingerprint density at radius 3 is 2.71 bits per heavy atom. The summed E-state index contributed by atoms with van der Waals surface area (Å²) in [5.74, 6) is 0.00493. The van der Waals surface area contributed by atoms with E-state index in [-0.39, 0.29) is 11.6 Å². The van der Waals surface area contributed by atoms with E-state index in [1.807, 2.05) is 4.68 Å². The summed E-state index contributed by atoms with van der Waals surface area (Å²) in [4.78, 5) is 11.5. The van der Waals surface area contributed by atoms with Crippen LogP contribution in [0.4, 0.5) is 0 Å². The van der Waals surface area contributed by atoms with E-state index in [1.165, 1.54) is 12.8 Å². The van der Waals surface area contributed by atoms with Gasteiger partial charge in [0, 0.05) is 5.92 Å². The van der Waals surface area contributed by atoms with Crippen molar-refractivity contribution in [2.75, 3.05) is 13.1 Å².